The van der Waals surface area contributed by atoms with Gasteiger partial charge >= 0.3 is 0 Å². The molecule has 1 N–H and O–H groups in total. The Hall–Kier alpha value is -0.820. The SMILES string of the molecule is CC12CC3CC(C)(C1)CC(NCCc1ccccc1)(C3)C2. The summed E-state index contributed by atoms with van der Waals surface area (Å²) >= 11 is 0. The topological polar surface area (TPSA) is 12.0 Å². The Morgan fingerprint density at radius 3 is 2.24 bits per heavy atom. The molecule has 2 atom stereocenters. The van der Waals surface area contributed by atoms with Gasteiger partial charge in [0.2, 0.25) is 0 Å². The molecule has 1 nitrogen and oxygen atoms in total. The largest absolute Gasteiger partial charge is 0.311 e. The van der Waals surface area contributed by atoms with Crippen LogP contribution in [0.2, 0.25) is 0 Å². The van der Waals surface area contributed by atoms with Crippen LogP contribution in [0.4, 0.5) is 0 Å². The minimum absolute atomic E-state index is 0.456. The molecule has 1 heteroatoms. The number of hydrogen-bond donors (Lipinski definition) is 1. The first-order chi connectivity index (χ1) is 9.99. The first kappa shape index (κ1) is 13.8. The molecule has 4 aliphatic carbocycles. The lowest BCUT2D eigenvalue weighted by Crippen LogP contribution is -2.64. The highest BCUT2D eigenvalue weighted by molar-refractivity contribution is 5.17. The van der Waals surface area contributed by atoms with Gasteiger partial charge in [0.25, 0.3) is 0 Å². The molecule has 21 heavy (non-hydrogen) atoms. The number of benzene rings is 1. The summed E-state index contributed by atoms with van der Waals surface area (Å²) < 4.78 is 0. The van der Waals surface area contributed by atoms with Gasteiger partial charge in [-0.15, -0.1) is 0 Å². The number of rotatable bonds is 4. The summed E-state index contributed by atoms with van der Waals surface area (Å²) in [6, 6.07) is 10.9. The van der Waals surface area contributed by atoms with E-state index in [0.717, 1.165) is 12.5 Å². The van der Waals surface area contributed by atoms with E-state index in [1.807, 2.05) is 0 Å². The lowest BCUT2D eigenvalue weighted by Gasteiger charge is -2.65. The maximum atomic E-state index is 4.03. The van der Waals surface area contributed by atoms with Crippen molar-refractivity contribution in [2.45, 2.75) is 64.3 Å². The standard InChI is InChI=1S/C20H29N/c1-18-10-17-11-19(2,13-18)15-20(12-17,14-18)21-9-8-16-6-4-3-5-7-16/h3-7,17,21H,8-15H2,1-2H3. The van der Waals surface area contributed by atoms with E-state index in [1.165, 1.54) is 50.5 Å². The van der Waals surface area contributed by atoms with Gasteiger partial charge in [-0.1, -0.05) is 44.2 Å². The van der Waals surface area contributed by atoms with Crippen LogP contribution in [0.25, 0.3) is 0 Å². The van der Waals surface area contributed by atoms with E-state index in [0.29, 0.717) is 16.4 Å². The number of hydrogen-bond acceptors (Lipinski definition) is 1. The van der Waals surface area contributed by atoms with Crippen molar-refractivity contribution >= 4 is 0 Å². The first-order valence-corrected chi connectivity index (χ1v) is 8.77. The highest BCUT2D eigenvalue weighted by Crippen LogP contribution is 2.66. The van der Waals surface area contributed by atoms with Crippen molar-refractivity contribution in [3.8, 4) is 0 Å². The van der Waals surface area contributed by atoms with Crippen LogP contribution in [-0.2, 0) is 6.42 Å². The third kappa shape index (κ3) is 2.54. The zero-order chi connectivity index (χ0) is 14.6. The van der Waals surface area contributed by atoms with Crippen molar-refractivity contribution in [3.63, 3.8) is 0 Å². The lowest BCUT2D eigenvalue weighted by molar-refractivity contribution is -0.117. The predicted octanol–water partition coefficient (Wildman–Crippen LogP) is 4.57. The van der Waals surface area contributed by atoms with E-state index in [-0.39, 0.29) is 0 Å². The molecule has 4 saturated carbocycles. The van der Waals surface area contributed by atoms with Gasteiger partial charge < -0.3 is 5.32 Å². The molecule has 4 fully saturated rings. The number of nitrogens with one attached hydrogen (secondary N) is 1. The van der Waals surface area contributed by atoms with Gasteiger partial charge in [0.1, 0.15) is 0 Å². The Balaban J connectivity index is 1.45. The Morgan fingerprint density at radius 1 is 0.952 bits per heavy atom. The van der Waals surface area contributed by atoms with Crippen molar-refractivity contribution in [2.75, 3.05) is 6.54 Å². The van der Waals surface area contributed by atoms with Crippen molar-refractivity contribution < 1.29 is 0 Å². The maximum Gasteiger partial charge on any atom is 0.0194 e. The average Bonchev–Trinajstić information content (AvgIpc) is 2.35. The molecule has 1 aromatic carbocycles. The molecule has 2 unspecified atom stereocenters. The molecule has 0 radical (unpaired) electrons. The third-order valence-electron chi connectivity index (χ3n) is 6.38. The molecular formula is C20H29N. The second-order valence-electron chi connectivity index (χ2n) is 9.07. The highest BCUT2D eigenvalue weighted by atomic mass is 15.0. The van der Waals surface area contributed by atoms with Crippen LogP contribution in [-0.4, -0.2) is 12.1 Å². The van der Waals surface area contributed by atoms with E-state index >= 15 is 0 Å². The van der Waals surface area contributed by atoms with Gasteiger partial charge in [-0.05, 0) is 73.8 Å². The average molecular weight is 283 g/mol. The summed E-state index contributed by atoms with van der Waals surface area (Å²) in [6.45, 7) is 6.26. The molecule has 0 aliphatic heterocycles. The van der Waals surface area contributed by atoms with Crippen molar-refractivity contribution in [2.24, 2.45) is 16.7 Å². The van der Waals surface area contributed by atoms with Crippen LogP contribution < -0.4 is 5.32 Å². The fourth-order valence-corrected chi connectivity index (χ4v) is 6.76. The van der Waals surface area contributed by atoms with Gasteiger partial charge in [-0.25, -0.2) is 0 Å². The quantitative estimate of drug-likeness (QED) is 0.853. The fraction of sp³-hybridized carbons (Fsp3) is 0.700. The van der Waals surface area contributed by atoms with Crippen LogP contribution in [0.3, 0.4) is 0 Å². The van der Waals surface area contributed by atoms with E-state index in [1.54, 1.807) is 0 Å². The molecule has 0 amide bonds. The summed E-state index contributed by atoms with van der Waals surface area (Å²) in [6.07, 6.45) is 9.89. The Kier molecular flexibility index (Phi) is 3.02. The molecule has 0 saturated heterocycles. The third-order valence-corrected chi connectivity index (χ3v) is 6.38. The molecule has 4 aliphatic rings. The maximum absolute atomic E-state index is 4.03. The Labute approximate surface area is 129 Å². The summed E-state index contributed by atoms with van der Waals surface area (Å²) in [5.74, 6) is 0.987. The van der Waals surface area contributed by atoms with Gasteiger partial charge in [0.05, 0.1) is 0 Å². The molecule has 0 aromatic heterocycles. The summed E-state index contributed by atoms with van der Waals surface area (Å²) in [5.41, 5.74) is 3.16. The van der Waals surface area contributed by atoms with Gasteiger partial charge in [-0.3, -0.25) is 0 Å². The monoisotopic (exact) mass is 283 g/mol. The van der Waals surface area contributed by atoms with Crippen molar-refractivity contribution in [1.82, 2.24) is 5.32 Å². The van der Waals surface area contributed by atoms with Crippen LogP contribution in [0.1, 0.15) is 57.9 Å². The van der Waals surface area contributed by atoms with Crippen molar-refractivity contribution in [1.29, 1.82) is 0 Å². The van der Waals surface area contributed by atoms with E-state index in [4.69, 9.17) is 0 Å². The van der Waals surface area contributed by atoms with Crippen LogP contribution >= 0.6 is 0 Å². The van der Waals surface area contributed by atoms with E-state index in [9.17, 15) is 0 Å². The van der Waals surface area contributed by atoms with Crippen molar-refractivity contribution in [3.05, 3.63) is 35.9 Å². The molecular weight excluding hydrogens is 254 g/mol. The second kappa shape index (κ2) is 4.59. The Bertz CT molecular complexity index is 502. The van der Waals surface area contributed by atoms with Crippen LogP contribution in [0, 0.1) is 16.7 Å². The molecule has 114 valence electrons. The molecule has 5 rings (SSSR count). The Morgan fingerprint density at radius 2 is 1.62 bits per heavy atom. The predicted molar refractivity (Wildman–Crippen MR) is 88.3 cm³/mol. The molecule has 0 heterocycles. The van der Waals surface area contributed by atoms with Crippen LogP contribution in [0.15, 0.2) is 30.3 Å². The summed E-state index contributed by atoms with van der Waals surface area (Å²) in [7, 11) is 0. The molecule has 4 bridgehead atoms. The van der Waals surface area contributed by atoms with E-state index in [2.05, 4.69) is 49.5 Å². The second-order valence-corrected chi connectivity index (χ2v) is 9.07. The smallest absolute Gasteiger partial charge is 0.0194 e. The minimum atomic E-state index is 0.456. The summed E-state index contributed by atoms with van der Waals surface area (Å²) in [5, 5.41) is 4.03. The minimum Gasteiger partial charge on any atom is -0.311 e. The zero-order valence-corrected chi connectivity index (χ0v) is 13.6. The lowest BCUT2D eigenvalue weighted by atomic mass is 9.43. The van der Waals surface area contributed by atoms with Gasteiger partial charge in [0.15, 0.2) is 0 Å². The van der Waals surface area contributed by atoms with Gasteiger partial charge in [0, 0.05) is 5.54 Å². The van der Waals surface area contributed by atoms with Gasteiger partial charge in [-0.2, -0.15) is 0 Å². The highest BCUT2D eigenvalue weighted by Gasteiger charge is 2.59. The van der Waals surface area contributed by atoms with Crippen LogP contribution in [0.5, 0.6) is 0 Å². The summed E-state index contributed by atoms with van der Waals surface area (Å²) in [4.78, 5) is 0. The normalized spacial score (nSPS) is 44.2. The molecule has 0 spiro atoms. The van der Waals surface area contributed by atoms with E-state index < -0.39 is 0 Å². The fourth-order valence-electron chi connectivity index (χ4n) is 6.76. The zero-order valence-electron chi connectivity index (χ0n) is 13.6. The molecule has 1 aromatic rings. The first-order valence-electron chi connectivity index (χ1n) is 8.77.